The van der Waals surface area contributed by atoms with Crippen LogP contribution >= 0.6 is 0 Å². The number of rotatable bonds is 4. The highest BCUT2D eigenvalue weighted by Crippen LogP contribution is 2.35. The van der Waals surface area contributed by atoms with E-state index in [0.717, 1.165) is 6.07 Å². The predicted molar refractivity (Wildman–Crippen MR) is 60.7 cm³/mol. The van der Waals surface area contributed by atoms with Crippen LogP contribution in [0.3, 0.4) is 0 Å². The number of benzene rings is 1. The lowest BCUT2D eigenvalue weighted by Crippen LogP contribution is -2.30. The van der Waals surface area contributed by atoms with E-state index in [2.05, 4.69) is 4.74 Å². The summed E-state index contributed by atoms with van der Waals surface area (Å²) in [4.78, 5) is 11.2. The fourth-order valence-corrected chi connectivity index (χ4v) is 1.49. The van der Waals surface area contributed by atoms with Crippen LogP contribution in [0.1, 0.15) is 24.2 Å². The van der Waals surface area contributed by atoms with Crippen LogP contribution in [0.4, 0.5) is 13.2 Å². The van der Waals surface area contributed by atoms with Crippen LogP contribution in [0.2, 0.25) is 0 Å². The number of halogens is 3. The van der Waals surface area contributed by atoms with Crippen molar-refractivity contribution in [2.75, 3.05) is 6.61 Å². The van der Waals surface area contributed by atoms with E-state index in [9.17, 15) is 33.3 Å². The summed E-state index contributed by atoms with van der Waals surface area (Å²) in [6.07, 6.45) is -8.81. The molecule has 0 heterocycles. The second kappa shape index (κ2) is 6.10. The lowest BCUT2D eigenvalue weighted by Gasteiger charge is -2.19. The zero-order valence-corrected chi connectivity index (χ0v) is 10.4. The standard InChI is InChI=1S/C12H13F3O5/c1-2-20-11(19)10(18)9(17)7-5-6(12(13,14)15)3-4-8(7)16/h3-5,9-10,16-18H,2H2,1H3. The molecule has 20 heavy (non-hydrogen) atoms. The summed E-state index contributed by atoms with van der Waals surface area (Å²) in [5.74, 6) is -1.87. The van der Waals surface area contributed by atoms with Gasteiger partial charge in [0, 0.05) is 5.56 Å². The van der Waals surface area contributed by atoms with Crippen molar-refractivity contribution in [2.24, 2.45) is 0 Å². The number of ether oxygens (including phenoxy) is 1. The van der Waals surface area contributed by atoms with E-state index in [1.165, 1.54) is 6.92 Å². The SMILES string of the molecule is CCOC(=O)C(O)C(O)c1cc(C(F)(F)F)ccc1O. The maximum absolute atomic E-state index is 12.5. The van der Waals surface area contributed by atoms with Crippen molar-refractivity contribution in [3.8, 4) is 5.75 Å². The predicted octanol–water partition coefficient (Wildman–Crippen LogP) is 1.37. The summed E-state index contributed by atoms with van der Waals surface area (Å²) >= 11 is 0. The number of carbonyl (C=O) groups is 1. The number of phenols is 1. The minimum absolute atomic E-state index is 0.0722. The molecule has 1 rings (SSSR count). The van der Waals surface area contributed by atoms with Gasteiger partial charge in [-0.1, -0.05) is 0 Å². The molecule has 2 unspecified atom stereocenters. The van der Waals surface area contributed by atoms with Crippen molar-refractivity contribution in [2.45, 2.75) is 25.3 Å². The molecule has 0 aliphatic rings. The first-order valence-electron chi connectivity index (χ1n) is 5.61. The Balaban J connectivity index is 3.09. The number of carbonyl (C=O) groups excluding carboxylic acids is 1. The van der Waals surface area contributed by atoms with Gasteiger partial charge in [0.1, 0.15) is 11.9 Å². The number of alkyl halides is 3. The first-order chi connectivity index (χ1) is 9.18. The number of hydrogen-bond donors (Lipinski definition) is 3. The molecule has 0 radical (unpaired) electrons. The molecule has 3 N–H and O–H groups in total. The molecule has 1 aromatic carbocycles. The van der Waals surface area contributed by atoms with Gasteiger partial charge in [-0.25, -0.2) is 4.79 Å². The molecule has 5 nitrogen and oxygen atoms in total. The maximum atomic E-state index is 12.5. The number of aromatic hydroxyl groups is 1. The van der Waals surface area contributed by atoms with Gasteiger partial charge >= 0.3 is 12.1 Å². The van der Waals surface area contributed by atoms with Gasteiger partial charge in [-0.2, -0.15) is 13.2 Å². The highest BCUT2D eigenvalue weighted by molar-refractivity contribution is 5.75. The smallest absolute Gasteiger partial charge is 0.416 e. The molecule has 0 bridgehead atoms. The van der Waals surface area contributed by atoms with Crippen LogP contribution in [0.5, 0.6) is 5.75 Å². The molecule has 0 fully saturated rings. The van der Waals surface area contributed by atoms with Gasteiger partial charge in [0.15, 0.2) is 6.10 Å². The molecule has 0 saturated carbocycles. The summed E-state index contributed by atoms with van der Waals surface area (Å²) < 4.78 is 42.0. The molecule has 0 saturated heterocycles. The lowest BCUT2D eigenvalue weighted by atomic mass is 10.0. The summed E-state index contributed by atoms with van der Waals surface area (Å²) in [7, 11) is 0. The molecular weight excluding hydrogens is 281 g/mol. The largest absolute Gasteiger partial charge is 0.508 e. The van der Waals surface area contributed by atoms with Crippen LogP contribution in [-0.4, -0.2) is 34.0 Å². The van der Waals surface area contributed by atoms with Crippen molar-refractivity contribution >= 4 is 5.97 Å². The minimum Gasteiger partial charge on any atom is -0.508 e. The van der Waals surface area contributed by atoms with E-state index < -0.39 is 41.2 Å². The van der Waals surface area contributed by atoms with E-state index in [1.54, 1.807) is 0 Å². The van der Waals surface area contributed by atoms with E-state index in [1.807, 2.05) is 0 Å². The summed E-state index contributed by atoms with van der Waals surface area (Å²) in [5.41, 5.74) is -1.74. The molecule has 112 valence electrons. The van der Waals surface area contributed by atoms with Crippen molar-refractivity contribution in [3.63, 3.8) is 0 Å². The first-order valence-corrected chi connectivity index (χ1v) is 5.61. The van der Waals surface area contributed by atoms with Gasteiger partial charge < -0.3 is 20.1 Å². The Morgan fingerprint density at radius 2 is 1.95 bits per heavy atom. The number of hydrogen-bond acceptors (Lipinski definition) is 5. The number of aliphatic hydroxyl groups excluding tert-OH is 2. The zero-order chi connectivity index (χ0) is 15.5. The quantitative estimate of drug-likeness (QED) is 0.730. The van der Waals surface area contributed by atoms with E-state index in [4.69, 9.17) is 0 Å². The molecular formula is C12H13F3O5. The van der Waals surface area contributed by atoms with E-state index in [0.29, 0.717) is 12.1 Å². The Labute approximate surface area is 112 Å². The topological polar surface area (TPSA) is 87.0 Å². The van der Waals surface area contributed by atoms with Gasteiger partial charge in [0.2, 0.25) is 0 Å². The fourth-order valence-electron chi connectivity index (χ4n) is 1.49. The summed E-state index contributed by atoms with van der Waals surface area (Å²) in [6.45, 7) is 1.38. The van der Waals surface area contributed by atoms with Crippen LogP contribution in [0, 0.1) is 0 Å². The Hall–Kier alpha value is -1.80. The highest BCUT2D eigenvalue weighted by atomic mass is 19.4. The lowest BCUT2D eigenvalue weighted by molar-refractivity contribution is -0.159. The Kier molecular flexibility index (Phi) is 4.96. The van der Waals surface area contributed by atoms with E-state index >= 15 is 0 Å². The highest BCUT2D eigenvalue weighted by Gasteiger charge is 2.34. The molecule has 0 spiro atoms. The third-order valence-electron chi connectivity index (χ3n) is 2.50. The third kappa shape index (κ3) is 3.61. The van der Waals surface area contributed by atoms with Crippen LogP contribution < -0.4 is 0 Å². The Bertz CT molecular complexity index is 486. The third-order valence-corrected chi connectivity index (χ3v) is 2.50. The zero-order valence-electron chi connectivity index (χ0n) is 10.4. The minimum atomic E-state index is -4.68. The number of aliphatic hydroxyl groups is 2. The molecule has 0 aliphatic carbocycles. The van der Waals surface area contributed by atoms with Crippen molar-refractivity contribution in [1.82, 2.24) is 0 Å². The second-order valence-corrected chi connectivity index (χ2v) is 3.91. The van der Waals surface area contributed by atoms with Gasteiger partial charge in [-0.15, -0.1) is 0 Å². The average Bonchev–Trinajstić information content (AvgIpc) is 2.36. The first kappa shape index (κ1) is 16.3. The maximum Gasteiger partial charge on any atom is 0.416 e. The van der Waals surface area contributed by atoms with E-state index in [-0.39, 0.29) is 6.61 Å². The molecule has 2 atom stereocenters. The Morgan fingerprint density at radius 3 is 2.45 bits per heavy atom. The monoisotopic (exact) mass is 294 g/mol. The van der Waals surface area contributed by atoms with Crippen molar-refractivity contribution in [3.05, 3.63) is 29.3 Å². The molecule has 0 amide bonds. The molecule has 0 aromatic heterocycles. The average molecular weight is 294 g/mol. The van der Waals surface area contributed by atoms with Crippen LogP contribution in [0.15, 0.2) is 18.2 Å². The number of phenolic OH excluding ortho intramolecular Hbond substituents is 1. The van der Waals surface area contributed by atoms with Gasteiger partial charge in [-0.3, -0.25) is 0 Å². The van der Waals surface area contributed by atoms with Gasteiger partial charge in [-0.05, 0) is 25.1 Å². The van der Waals surface area contributed by atoms with Crippen LogP contribution in [-0.2, 0) is 15.7 Å². The normalized spacial score (nSPS) is 14.7. The summed E-state index contributed by atoms with van der Waals surface area (Å²) in [6, 6.07) is 1.80. The second-order valence-electron chi connectivity index (χ2n) is 3.91. The van der Waals surface area contributed by atoms with Gasteiger partial charge in [0.05, 0.1) is 12.2 Å². The van der Waals surface area contributed by atoms with Crippen LogP contribution in [0.25, 0.3) is 0 Å². The number of esters is 1. The van der Waals surface area contributed by atoms with Crippen molar-refractivity contribution in [1.29, 1.82) is 0 Å². The fraction of sp³-hybridized carbons (Fsp3) is 0.417. The summed E-state index contributed by atoms with van der Waals surface area (Å²) in [5, 5.41) is 28.6. The van der Waals surface area contributed by atoms with Gasteiger partial charge in [0.25, 0.3) is 0 Å². The molecule has 1 aromatic rings. The molecule has 8 heteroatoms. The molecule has 0 aliphatic heterocycles. The Morgan fingerprint density at radius 1 is 1.35 bits per heavy atom. The van der Waals surface area contributed by atoms with Crippen molar-refractivity contribution < 1.29 is 38.0 Å².